The molecule has 1 atom stereocenters. The van der Waals surface area contributed by atoms with Crippen molar-refractivity contribution >= 4 is 5.82 Å². The lowest BCUT2D eigenvalue weighted by molar-refractivity contribution is 0.507. The molecule has 0 radical (unpaired) electrons. The largest absolute Gasteiger partial charge is 0.383 e. The van der Waals surface area contributed by atoms with Crippen molar-refractivity contribution in [2.24, 2.45) is 11.7 Å². The molecule has 0 amide bonds. The fourth-order valence-electron chi connectivity index (χ4n) is 1.57. The third-order valence-corrected chi connectivity index (χ3v) is 2.54. The van der Waals surface area contributed by atoms with E-state index in [9.17, 15) is 0 Å². The Balaban J connectivity index is 2.72. The number of aromatic nitrogens is 1. The molecule has 1 rings (SSSR count). The van der Waals surface area contributed by atoms with Gasteiger partial charge >= 0.3 is 0 Å². The van der Waals surface area contributed by atoms with Gasteiger partial charge in [0.15, 0.2) is 0 Å². The Labute approximate surface area is 91.9 Å². The summed E-state index contributed by atoms with van der Waals surface area (Å²) in [5.41, 5.74) is 14.0. The molecule has 1 aromatic heterocycles. The Bertz CT molecular complexity index is 321. The average Bonchev–Trinajstić information content (AvgIpc) is 2.18. The number of rotatable bonds is 4. The molecule has 0 fully saturated rings. The maximum atomic E-state index is 6.09. The van der Waals surface area contributed by atoms with Crippen LogP contribution in [0.15, 0.2) is 12.3 Å². The van der Waals surface area contributed by atoms with Crippen LogP contribution in [0.2, 0.25) is 0 Å². The molecule has 0 aliphatic carbocycles. The molecule has 1 heterocycles. The number of nitrogen functional groups attached to an aromatic ring is 1. The highest BCUT2D eigenvalue weighted by molar-refractivity contribution is 5.42. The number of hydrogen-bond acceptors (Lipinski definition) is 3. The summed E-state index contributed by atoms with van der Waals surface area (Å²) in [4.78, 5) is 4.12. The second-order valence-electron chi connectivity index (χ2n) is 4.56. The van der Waals surface area contributed by atoms with Crippen molar-refractivity contribution in [2.75, 3.05) is 5.73 Å². The SMILES string of the molecule is Cc1cnc(N)c(C(N)CCC(C)C)c1. The van der Waals surface area contributed by atoms with Crippen LogP contribution in [-0.2, 0) is 0 Å². The third kappa shape index (κ3) is 3.51. The van der Waals surface area contributed by atoms with Crippen LogP contribution in [0.1, 0.15) is 43.9 Å². The van der Waals surface area contributed by atoms with Crippen molar-refractivity contribution in [1.29, 1.82) is 0 Å². The van der Waals surface area contributed by atoms with Crippen molar-refractivity contribution in [3.63, 3.8) is 0 Å². The van der Waals surface area contributed by atoms with E-state index in [1.807, 2.05) is 13.0 Å². The smallest absolute Gasteiger partial charge is 0.128 e. The maximum Gasteiger partial charge on any atom is 0.128 e. The van der Waals surface area contributed by atoms with Gasteiger partial charge in [0.05, 0.1) is 0 Å². The van der Waals surface area contributed by atoms with E-state index in [2.05, 4.69) is 18.8 Å². The highest BCUT2D eigenvalue weighted by atomic mass is 14.8. The van der Waals surface area contributed by atoms with Crippen LogP contribution in [-0.4, -0.2) is 4.98 Å². The lowest BCUT2D eigenvalue weighted by Crippen LogP contribution is -2.14. The van der Waals surface area contributed by atoms with Crippen LogP contribution < -0.4 is 11.5 Å². The lowest BCUT2D eigenvalue weighted by Gasteiger charge is -2.15. The topological polar surface area (TPSA) is 64.9 Å². The number of nitrogens with zero attached hydrogens (tertiary/aromatic N) is 1. The van der Waals surface area contributed by atoms with Crippen molar-refractivity contribution in [3.8, 4) is 0 Å². The van der Waals surface area contributed by atoms with Gasteiger partial charge in [-0.25, -0.2) is 4.98 Å². The van der Waals surface area contributed by atoms with E-state index >= 15 is 0 Å². The average molecular weight is 207 g/mol. The molecule has 0 saturated heterocycles. The summed E-state index contributed by atoms with van der Waals surface area (Å²) in [7, 11) is 0. The first-order valence-electron chi connectivity index (χ1n) is 5.48. The van der Waals surface area contributed by atoms with E-state index in [0.29, 0.717) is 11.7 Å². The summed E-state index contributed by atoms with van der Waals surface area (Å²) in [6, 6.07) is 2.05. The van der Waals surface area contributed by atoms with E-state index in [-0.39, 0.29) is 6.04 Å². The normalized spacial score (nSPS) is 13.1. The van der Waals surface area contributed by atoms with E-state index in [1.54, 1.807) is 6.20 Å². The zero-order valence-electron chi connectivity index (χ0n) is 9.83. The van der Waals surface area contributed by atoms with Gasteiger partial charge in [-0.1, -0.05) is 13.8 Å². The van der Waals surface area contributed by atoms with Crippen LogP contribution in [0.3, 0.4) is 0 Å². The Morgan fingerprint density at radius 3 is 2.60 bits per heavy atom. The summed E-state index contributed by atoms with van der Waals surface area (Å²) in [5, 5.41) is 0. The number of aryl methyl sites for hydroxylation is 1. The van der Waals surface area contributed by atoms with Crippen molar-refractivity contribution in [3.05, 3.63) is 23.4 Å². The molecule has 3 nitrogen and oxygen atoms in total. The standard InChI is InChI=1S/C12H21N3/c1-8(2)4-5-11(13)10-6-9(3)7-15-12(10)14/h6-8,11H,4-5,13H2,1-3H3,(H2,14,15). The molecule has 3 heteroatoms. The van der Waals surface area contributed by atoms with Crippen LogP contribution in [0.4, 0.5) is 5.82 Å². The van der Waals surface area contributed by atoms with Gasteiger partial charge in [0, 0.05) is 17.8 Å². The molecule has 0 aliphatic heterocycles. The lowest BCUT2D eigenvalue weighted by atomic mass is 9.98. The van der Waals surface area contributed by atoms with E-state index in [0.717, 1.165) is 24.0 Å². The summed E-state index contributed by atoms with van der Waals surface area (Å²) in [6.45, 7) is 6.40. The molecular formula is C12H21N3. The van der Waals surface area contributed by atoms with Gasteiger partial charge in [-0.2, -0.15) is 0 Å². The molecule has 4 N–H and O–H groups in total. The first-order valence-corrected chi connectivity index (χ1v) is 5.48. The number of pyridine rings is 1. The predicted octanol–water partition coefficient (Wildman–Crippen LogP) is 2.41. The molecule has 15 heavy (non-hydrogen) atoms. The van der Waals surface area contributed by atoms with Gasteiger partial charge in [-0.3, -0.25) is 0 Å². The van der Waals surface area contributed by atoms with Crippen molar-refractivity contribution in [1.82, 2.24) is 4.98 Å². The number of anilines is 1. The van der Waals surface area contributed by atoms with Crippen LogP contribution in [0.5, 0.6) is 0 Å². The summed E-state index contributed by atoms with van der Waals surface area (Å²) >= 11 is 0. The molecular weight excluding hydrogens is 186 g/mol. The van der Waals surface area contributed by atoms with Gasteiger partial charge in [-0.15, -0.1) is 0 Å². The second kappa shape index (κ2) is 5.12. The molecule has 0 spiro atoms. The van der Waals surface area contributed by atoms with Crippen molar-refractivity contribution < 1.29 is 0 Å². The number of hydrogen-bond donors (Lipinski definition) is 2. The van der Waals surface area contributed by atoms with Gasteiger partial charge in [0.25, 0.3) is 0 Å². The van der Waals surface area contributed by atoms with Gasteiger partial charge < -0.3 is 11.5 Å². The molecule has 0 aromatic carbocycles. The Morgan fingerprint density at radius 1 is 1.33 bits per heavy atom. The zero-order chi connectivity index (χ0) is 11.4. The second-order valence-corrected chi connectivity index (χ2v) is 4.56. The summed E-state index contributed by atoms with van der Waals surface area (Å²) in [6.07, 6.45) is 3.86. The van der Waals surface area contributed by atoms with Crippen LogP contribution >= 0.6 is 0 Å². The molecule has 0 aliphatic rings. The molecule has 0 bridgehead atoms. The monoisotopic (exact) mass is 207 g/mol. The Morgan fingerprint density at radius 2 is 2.00 bits per heavy atom. The first-order chi connectivity index (χ1) is 7.00. The summed E-state index contributed by atoms with van der Waals surface area (Å²) < 4.78 is 0. The molecule has 1 unspecified atom stereocenters. The van der Waals surface area contributed by atoms with Crippen molar-refractivity contribution in [2.45, 2.75) is 39.7 Å². The molecule has 84 valence electrons. The van der Waals surface area contributed by atoms with Gasteiger partial charge in [0.1, 0.15) is 5.82 Å². The highest BCUT2D eigenvalue weighted by Crippen LogP contribution is 2.22. The fraction of sp³-hybridized carbons (Fsp3) is 0.583. The Kier molecular flexibility index (Phi) is 4.09. The van der Waals surface area contributed by atoms with E-state index in [4.69, 9.17) is 11.5 Å². The van der Waals surface area contributed by atoms with Crippen LogP contribution in [0.25, 0.3) is 0 Å². The summed E-state index contributed by atoms with van der Waals surface area (Å²) in [5.74, 6) is 1.24. The molecule has 1 aromatic rings. The minimum absolute atomic E-state index is 0.0137. The molecule has 0 saturated carbocycles. The minimum atomic E-state index is 0.0137. The fourth-order valence-corrected chi connectivity index (χ4v) is 1.57. The zero-order valence-corrected chi connectivity index (χ0v) is 9.83. The van der Waals surface area contributed by atoms with E-state index in [1.165, 1.54) is 0 Å². The Hall–Kier alpha value is -1.09. The number of nitrogens with two attached hydrogens (primary N) is 2. The van der Waals surface area contributed by atoms with E-state index < -0.39 is 0 Å². The highest BCUT2D eigenvalue weighted by Gasteiger charge is 2.11. The third-order valence-electron chi connectivity index (χ3n) is 2.54. The first kappa shape index (κ1) is 12.0. The quantitative estimate of drug-likeness (QED) is 0.796. The van der Waals surface area contributed by atoms with Gasteiger partial charge in [0.2, 0.25) is 0 Å². The predicted molar refractivity (Wildman–Crippen MR) is 64.4 cm³/mol. The van der Waals surface area contributed by atoms with Gasteiger partial charge in [-0.05, 0) is 37.3 Å². The van der Waals surface area contributed by atoms with Crippen LogP contribution in [0, 0.1) is 12.8 Å². The minimum Gasteiger partial charge on any atom is -0.383 e. The maximum absolute atomic E-state index is 6.09.